The molecule has 7 nitrogen and oxygen atoms in total. The largest absolute Gasteiger partial charge is 0.497 e. The molecule has 3 aromatic carbocycles. The lowest BCUT2D eigenvalue weighted by molar-refractivity contribution is -0.118. The maximum absolute atomic E-state index is 14.4. The van der Waals surface area contributed by atoms with E-state index < -0.39 is 23.4 Å². The summed E-state index contributed by atoms with van der Waals surface area (Å²) in [6, 6.07) is 18.1. The van der Waals surface area contributed by atoms with Crippen molar-refractivity contribution in [2.75, 3.05) is 17.3 Å². The summed E-state index contributed by atoms with van der Waals surface area (Å²) in [7, 11) is 1.57. The number of Topliss-reactive ketones (excluding diaryl/α,β-unsaturated/α-hetero) is 3. The van der Waals surface area contributed by atoms with Gasteiger partial charge in [-0.1, -0.05) is 54.6 Å². The first kappa shape index (κ1) is 23.9. The van der Waals surface area contributed by atoms with E-state index in [4.69, 9.17) is 4.74 Å². The number of ether oxygens (including phenoxy) is 1. The number of ketones is 3. The van der Waals surface area contributed by atoms with Gasteiger partial charge in [0.2, 0.25) is 5.91 Å². The van der Waals surface area contributed by atoms with E-state index >= 15 is 0 Å². The van der Waals surface area contributed by atoms with Gasteiger partial charge in [0, 0.05) is 35.2 Å². The highest BCUT2D eigenvalue weighted by Crippen LogP contribution is 2.61. The molecule has 2 heterocycles. The molecule has 1 N–H and O–H groups in total. The molecule has 6 rings (SSSR count). The molecule has 1 saturated heterocycles. The predicted molar refractivity (Wildman–Crippen MR) is 144 cm³/mol. The molecule has 0 unspecified atom stereocenters. The van der Waals surface area contributed by atoms with Crippen LogP contribution in [0.15, 0.2) is 72.8 Å². The van der Waals surface area contributed by atoms with Crippen LogP contribution in [0.5, 0.6) is 5.75 Å². The first-order valence-electron chi connectivity index (χ1n) is 12.5. The van der Waals surface area contributed by atoms with E-state index in [1.165, 1.54) is 13.8 Å². The Balaban J connectivity index is 1.64. The molecular formula is C31H26N2O5. The van der Waals surface area contributed by atoms with Crippen molar-refractivity contribution in [3.63, 3.8) is 0 Å². The number of methoxy groups -OCH3 is 1. The molecule has 7 heteroatoms. The minimum Gasteiger partial charge on any atom is -0.497 e. The predicted octanol–water partition coefficient (Wildman–Crippen LogP) is 4.68. The van der Waals surface area contributed by atoms with Crippen LogP contribution in [0.3, 0.4) is 0 Å². The first-order valence-corrected chi connectivity index (χ1v) is 12.5. The van der Waals surface area contributed by atoms with E-state index in [0.29, 0.717) is 33.8 Å². The molecule has 3 aliphatic rings. The Hall–Kier alpha value is -4.52. The zero-order valence-corrected chi connectivity index (χ0v) is 21.2. The van der Waals surface area contributed by atoms with Crippen LogP contribution in [0.2, 0.25) is 0 Å². The van der Waals surface area contributed by atoms with Gasteiger partial charge >= 0.3 is 0 Å². The third kappa shape index (κ3) is 3.08. The molecule has 0 aromatic heterocycles. The number of nitrogens with zero attached hydrogens (tertiary/aromatic N) is 1. The Morgan fingerprint density at radius 2 is 1.55 bits per heavy atom. The van der Waals surface area contributed by atoms with Gasteiger partial charge in [-0.2, -0.15) is 0 Å². The summed E-state index contributed by atoms with van der Waals surface area (Å²) in [5, 5.41) is 2.86. The van der Waals surface area contributed by atoms with E-state index in [0.717, 1.165) is 5.56 Å². The van der Waals surface area contributed by atoms with Gasteiger partial charge in [-0.25, -0.2) is 0 Å². The van der Waals surface area contributed by atoms with Crippen LogP contribution in [0.4, 0.5) is 11.4 Å². The van der Waals surface area contributed by atoms with Gasteiger partial charge < -0.3 is 15.0 Å². The number of hydrogen-bond donors (Lipinski definition) is 1. The number of benzene rings is 3. The number of hydrogen-bond acceptors (Lipinski definition) is 6. The van der Waals surface area contributed by atoms with Crippen molar-refractivity contribution in [3.8, 4) is 5.75 Å². The Labute approximate surface area is 220 Å². The molecule has 1 fully saturated rings. The molecule has 190 valence electrons. The molecular weight excluding hydrogens is 480 g/mol. The Morgan fingerprint density at radius 3 is 2.13 bits per heavy atom. The molecule has 3 aromatic rings. The van der Waals surface area contributed by atoms with Gasteiger partial charge in [0.25, 0.3) is 0 Å². The summed E-state index contributed by atoms with van der Waals surface area (Å²) < 4.78 is 5.35. The molecule has 0 saturated carbocycles. The maximum Gasteiger partial charge on any atom is 0.221 e. The van der Waals surface area contributed by atoms with Gasteiger partial charge in [0.1, 0.15) is 11.2 Å². The van der Waals surface area contributed by atoms with Crippen molar-refractivity contribution in [3.05, 3.63) is 95.1 Å². The zero-order chi connectivity index (χ0) is 26.8. The standard InChI is InChI=1S/C31H26N2O5/c1-17(34)28-27(19-11-13-20(38-3)14-12-19)31(29(36)21-7-4-5-8-22(21)30(31)37)26-16-15-23-24(32-18(2)35)9-6-10-25(23)33(26)28/h4-16,26-28H,1-3H3,(H,32,35)/t26-,27-,28+/m0/s1. The van der Waals surface area contributed by atoms with E-state index in [9.17, 15) is 19.2 Å². The number of anilines is 2. The summed E-state index contributed by atoms with van der Waals surface area (Å²) in [6.07, 6.45) is 3.69. The van der Waals surface area contributed by atoms with Crippen LogP contribution in [0.25, 0.3) is 6.08 Å². The molecule has 0 radical (unpaired) electrons. The number of carbonyl (C=O) groups excluding carboxylic acids is 4. The van der Waals surface area contributed by atoms with Gasteiger partial charge in [-0.15, -0.1) is 0 Å². The second-order valence-electron chi connectivity index (χ2n) is 10.0. The monoisotopic (exact) mass is 506 g/mol. The number of amides is 1. The van der Waals surface area contributed by atoms with Crippen LogP contribution in [-0.4, -0.2) is 42.5 Å². The van der Waals surface area contributed by atoms with E-state index in [2.05, 4.69) is 5.32 Å². The van der Waals surface area contributed by atoms with Crippen molar-refractivity contribution < 1.29 is 23.9 Å². The minimum absolute atomic E-state index is 0.157. The number of carbonyl (C=O) groups is 4. The topological polar surface area (TPSA) is 92.8 Å². The quantitative estimate of drug-likeness (QED) is 0.517. The highest BCUT2D eigenvalue weighted by molar-refractivity contribution is 6.32. The number of rotatable bonds is 4. The molecule has 1 aliphatic carbocycles. The Kier molecular flexibility index (Phi) is 5.35. The fourth-order valence-electron chi connectivity index (χ4n) is 6.64. The fourth-order valence-corrected chi connectivity index (χ4v) is 6.64. The summed E-state index contributed by atoms with van der Waals surface area (Å²) in [4.78, 5) is 56.2. The van der Waals surface area contributed by atoms with Gasteiger partial charge in [-0.05, 0) is 36.8 Å². The lowest BCUT2D eigenvalue weighted by atomic mass is 9.64. The van der Waals surface area contributed by atoms with Gasteiger partial charge in [0.05, 0.1) is 24.9 Å². The Morgan fingerprint density at radius 1 is 0.895 bits per heavy atom. The average molecular weight is 507 g/mol. The maximum atomic E-state index is 14.4. The summed E-state index contributed by atoms with van der Waals surface area (Å²) in [5.41, 5.74) is 1.95. The second kappa shape index (κ2) is 8.52. The van der Waals surface area contributed by atoms with E-state index in [1.54, 1.807) is 55.6 Å². The number of nitrogens with one attached hydrogen (secondary N) is 1. The van der Waals surface area contributed by atoms with Crippen molar-refractivity contribution in [1.82, 2.24) is 0 Å². The van der Waals surface area contributed by atoms with Crippen molar-refractivity contribution >= 4 is 40.7 Å². The van der Waals surface area contributed by atoms with Crippen LogP contribution in [0.1, 0.15) is 51.6 Å². The minimum atomic E-state index is -1.53. The molecule has 3 atom stereocenters. The average Bonchev–Trinajstić information content (AvgIpc) is 3.35. The van der Waals surface area contributed by atoms with Gasteiger partial charge in [-0.3, -0.25) is 19.2 Å². The van der Waals surface area contributed by atoms with Crippen LogP contribution >= 0.6 is 0 Å². The van der Waals surface area contributed by atoms with Crippen molar-refractivity contribution in [2.24, 2.45) is 5.41 Å². The van der Waals surface area contributed by atoms with Crippen molar-refractivity contribution in [1.29, 1.82) is 0 Å². The first-order chi connectivity index (χ1) is 18.3. The summed E-state index contributed by atoms with van der Waals surface area (Å²) in [6.45, 7) is 2.94. The summed E-state index contributed by atoms with van der Waals surface area (Å²) >= 11 is 0. The van der Waals surface area contributed by atoms with Crippen LogP contribution in [-0.2, 0) is 9.59 Å². The Bertz CT molecular complexity index is 1520. The third-order valence-electron chi connectivity index (χ3n) is 8.05. The fraction of sp³-hybridized carbons (Fsp3) is 0.226. The van der Waals surface area contributed by atoms with Gasteiger partial charge in [0.15, 0.2) is 17.3 Å². The lowest BCUT2D eigenvalue weighted by Crippen LogP contribution is -2.48. The molecule has 1 spiro atoms. The van der Waals surface area contributed by atoms with Crippen molar-refractivity contribution in [2.45, 2.75) is 31.8 Å². The summed E-state index contributed by atoms with van der Waals surface area (Å²) in [5.74, 6) is -1.04. The van der Waals surface area contributed by atoms with Crippen LogP contribution < -0.4 is 15.0 Å². The smallest absolute Gasteiger partial charge is 0.221 e. The number of fused-ring (bicyclic) bond motifs is 5. The highest BCUT2D eigenvalue weighted by Gasteiger charge is 2.71. The molecule has 2 aliphatic heterocycles. The SMILES string of the molecule is COc1ccc([C@H]2[C@@H](C(C)=O)N3c4cccc(NC(C)=O)c4C=C[C@H]3C23C(=O)c2ccccc2C3=O)cc1. The molecule has 1 amide bonds. The normalized spacial score (nSPS) is 22.2. The third-order valence-corrected chi connectivity index (χ3v) is 8.05. The molecule has 0 bridgehead atoms. The lowest BCUT2D eigenvalue weighted by Gasteiger charge is -2.37. The second-order valence-corrected chi connectivity index (χ2v) is 10.0. The van der Waals surface area contributed by atoms with E-state index in [-0.39, 0.29) is 23.3 Å². The van der Waals surface area contributed by atoms with Crippen LogP contribution in [0, 0.1) is 5.41 Å². The highest BCUT2D eigenvalue weighted by atomic mass is 16.5. The molecule has 38 heavy (non-hydrogen) atoms. The zero-order valence-electron chi connectivity index (χ0n) is 21.2. The van der Waals surface area contributed by atoms with E-state index in [1.807, 2.05) is 35.3 Å².